The lowest BCUT2D eigenvalue weighted by molar-refractivity contribution is 0.155. The van der Waals surface area contributed by atoms with Crippen LogP contribution in [0.25, 0.3) is 0 Å². The van der Waals surface area contributed by atoms with Gasteiger partial charge in [-0.15, -0.1) is 0 Å². The van der Waals surface area contributed by atoms with Gasteiger partial charge in [-0.05, 0) is 56.9 Å². The molecule has 0 amide bonds. The summed E-state index contributed by atoms with van der Waals surface area (Å²) in [5.41, 5.74) is 6.28. The van der Waals surface area contributed by atoms with Crippen LogP contribution in [0.3, 0.4) is 0 Å². The number of hydrogen-bond donors (Lipinski definition) is 1. The maximum atomic E-state index is 6.28. The Labute approximate surface area is 101 Å². The quantitative estimate of drug-likeness (QED) is 0.778. The second-order valence-electron chi connectivity index (χ2n) is 6.07. The average molecular weight is 224 g/mol. The van der Waals surface area contributed by atoms with E-state index in [1.165, 1.54) is 51.6 Å². The summed E-state index contributed by atoms with van der Waals surface area (Å²) >= 11 is 0. The van der Waals surface area contributed by atoms with Gasteiger partial charge in [-0.2, -0.15) is 0 Å². The van der Waals surface area contributed by atoms with Gasteiger partial charge in [-0.1, -0.05) is 13.8 Å². The van der Waals surface area contributed by atoms with Gasteiger partial charge in [-0.3, -0.25) is 0 Å². The Hall–Kier alpha value is -0.0800. The Balaban J connectivity index is 1.84. The maximum Gasteiger partial charge on any atom is 0.00965 e. The van der Waals surface area contributed by atoms with Gasteiger partial charge in [0.05, 0.1) is 0 Å². The summed E-state index contributed by atoms with van der Waals surface area (Å²) in [6, 6.07) is 1.37. The molecule has 2 heteroatoms. The molecule has 0 radical (unpaired) electrons. The third-order valence-electron chi connectivity index (χ3n) is 4.35. The molecule has 3 unspecified atom stereocenters. The van der Waals surface area contributed by atoms with Crippen LogP contribution in [0, 0.1) is 11.8 Å². The van der Waals surface area contributed by atoms with Crippen LogP contribution in [0.2, 0.25) is 0 Å². The van der Waals surface area contributed by atoms with Gasteiger partial charge in [0.15, 0.2) is 0 Å². The zero-order valence-electron chi connectivity index (χ0n) is 11.0. The number of nitrogens with two attached hydrogens (primary N) is 1. The third-order valence-corrected chi connectivity index (χ3v) is 4.35. The zero-order chi connectivity index (χ0) is 11.5. The Morgan fingerprint density at radius 3 is 2.56 bits per heavy atom. The van der Waals surface area contributed by atoms with Crippen molar-refractivity contribution in [3.63, 3.8) is 0 Å². The molecule has 0 aromatic rings. The molecule has 0 aliphatic heterocycles. The molecule has 0 aromatic carbocycles. The first-order valence-electron chi connectivity index (χ1n) is 7.20. The van der Waals surface area contributed by atoms with E-state index in [1.807, 2.05) is 0 Å². The van der Waals surface area contributed by atoms with E-state index in [1.54, 1.807) is 0 Å². The van der Waals surface area contributed by atoms with E-state index in [0.717, 1.165) is 17.9 Å². The lowest BCUT2D eigenvalue weighted by Gasteiger charge is -2.36. The normalized spacial score (nSPS) is 35.6. The standard InChI is InChI=1S/C14H28N2/c1-3-8-16(13-5-6-13)10-12-9-11(2)4-7-14(12)15/h11-14H,3-10,15H2,1-2H3. The fourth-order valence-corrected chi connectivity index (χ4v) is 3.18. The molecule has 0 saturated heterocycles. The second kappa shape index (κ2) is 5.50. The molecular weight excluding hydrogens is 196 g/mol. The van der Waals surface area contributed by atoms with E-state index in [2.05, 4.69) is 18.7 Å². The van der Waals surface area contributed by atoms with Gasteiger partial charge in [0, 0.05) is 18.6 Å². The summed E-state index contributed by atoms with van der Waals surface area (Å²) in [4.78, 5) is 2.71. The van der Waals surface area contributed by atoms with Crippen LogP contribution in [0.15, 0.2) is 0 Å². The minimum absolute atomic E-state index is 0.467. The van der Waals surface area contributed by atoms with Gasteiger partial charge in [-0.25, -0.2) is 0 Å². The summed E-state index contributed by atoms with van der Waals surface area (Å²) in [6.07, 6.45) is 8.09. The summed E-state index contributed by atoms with van der Waals surface area (Å²) in [7, 11) is 0. The van der Waals surface area contributed by atoms with E-state index in [9.17, 15) is 0 Å². The summed E-state index contributed by atoms with van der Waals surface area (Å²) in [5, 5.41) is 0. The highest BCUT2D eigenvalue weighted by Gasteiger charge is 2.33. The molecule has 3 atom stereocenters. The molecule has 16 heavy (non-hydrogen) atoms. The highest BCUT2D eigenvalue weighted by molar-refractivity contribution is 4.89. The SMILES string of the molecule is CCCN(CC1CC(C)CCC1N)C1CC1. The molecule has 2 aliphatic carbocycles. The van der Waals surface area contributed by atoms with Crippen molar-refractivity contribution in [1.82, 2.24) is 4.90 Å². The Morgan fingerprint density at radius 1 is 1.19 bits per heavy atom. The van der Waals surface area contributed by atoms with Crippen molar-refractivity contribution in [2.45, 2.75) is 64.5 Å². The summed E-state index contributed by atoms with van der Waals surface area (Å²) in [5.74, 6) is 1.66. The average Bonchev–Trinajstić information content (AvgIpc) is 3.06. The van der Waals surface area contributed by atoms with E-state index in [-0.39, 0.29) is 0 Å². The van der Waals surface area contributed by atoms with Crippen molar-refractivity contribution in [3.05, 3.63) is 0 Å². The number of nitrogens with zero attached hydrogens (tertiary/aromatic N) is 1. The van der Waals surface area contributed by atoms with Crippen LogP contribution >= 0.6 is 0 Å². The molecule has 0 heterocycles. The zero-order valence-corrected chi connectivity index (χ0v) is 11.0. The molecule has 2 nitrogen and oxygen atoms in total. The molecule has 2 aliphatic rings. The van der Waals surface area contributed by atoms with Crippen molar-refractivity contribution in [2.75, 3.05) is 13.1 Å². The van der Waals surface area contributed by atoms with Crippen molar-refractivity contribution in [2.24, 2.45) is 17.6 Å². The van der Waals surface area contributed by atoms with Crippen molar-refractivity contribution < 1.29 is 0 Å². The highest BCUT2D eigenvalue weighted by Crippen LogP contribution is 2.32. The monoisotopic (exact) mass is 224 g/mol. The Morgan fingerprint density at radius 2 is 1.94 bits per heavy atom. The van der Waals surface area contributed by atoms with Crippen molar-refractivity contribution >= 4 is 0 Å². The molecule has 0 bridgehead atoms. The van der Waals surface area contributed by atoms with Gasteiger partial charge >= 0.3 is 0 Å². The minimum atomic E-state index is 0.467. The topological polar surface area (TPSA) is 29.3 Å². The fraction of sp³-hybridized carbons (Fsp3) is 1.00. The van der Waals surface area contributed by atoms with Crippen LogP contribution in [0.1, 0.15) is 52.4 Å². The molecule has 2 N–H and O–H groups in total. The van der Waals surface area contributed by atoms with Gasteiger partial charge in [0.2, 0.25) is 0 Å². The van der Waals surface area contributed by atoms with Crippen molar-refractivity contribution in [3.8, 4) is 0 Å². The molecular formula is C14H28N2. The first kappa shape index (κ1) is 12.4. The molecule has 0 spiro atoms. The largest absolute Gasteiger partial charge is 0.327 e. The Bertz CT molecular complexity index is 213. The maximum absolute atomic E-state index is 6.28. The van der Waals surface area contributed by atoms with Crippen LogP contribution in [-0.2, 0) is 0 Å². The predicted molar refractivity (Wildman–Crippen MR) is 69.4 cm³/mol. The summed E-state index contributed by atoms with van der Waals surface area (Å²) in [6.45, 7) is 7.23. The molecule has 94 valence electrons. The highest BCUT2D eigenvalue weighted by atomic mass is 15.2. The van der Waals surface area contributed by atoms with Crippen LogP contribution in [0.5, 0.6) is 0 Å². The Kier molecular flexibility index (Phi) is 4.26. The van der Waals surface area contributed by atoms with Gasteiger partial charge in [0.25, 0.3) is 0 Å². The number of rotatable bonds is 5. The van der Waals surface area contributed by atoms with E-state index in [4.69, 9.17) is 5.73 Å². The van der Waals surface area contributed by atoms with E-state index in [0.29, 0.717) is 6.04 Å². The van der Waals surface area contributed by atoms with Crippen LogP contribution in [-0.4, -0.2) is 30.1 Å². The molecule has 2 saturated carbocycles. The summed E-state index contributed by atoms with van der Waals surface area (Å²) < 4.78 is 0. The molecule has 2 rings (SSSR count). The third kappa shape index (κ3) is 3.21. The van der Waals surface area contributed by atoms with Crippen molar-refractivity contribution in [1.29, 1.82) is 0 Å². The first-order valence-corrected chi connectivity index (χ1v) is 7.20. The smallest absolute Gasteiger partial charge is 0.00965 e. The van der Waals surface area contributed by atoms with E-state index < -0.39 is 0 Å². The fourth-order valence-electron chi connectivity index (χ4n) is 3.18. The first-order chi connectivity index (χ1) is 7.70. The van der Waals surface area contributed by atoms with Crippen LogP contribution < -0.4 is 5.73 Å². The number of hydrogen-bond acceptors (Lipinski definition) is 2. The molecule has 2 fully saturated rings. The minimum Gasteiger partial charge on any atom is -0.327 e. The lowest BCUT2D eigenvalue weighted by atomic mass is 9.79. The second-order valence-corrected chi connectivity index (χ2v) is 6.07. The van der Waals surface area contributed by atoms with E-state index >= 15 is 0 Å². The van der Waals surface area contributed by atoms with Crippen LogP contribution in [0.4, 0.5) is 0 Å². The molecule has 0 aromatic heterocycles. The predicted octanol–water partition coefficient (Wildman–Crippen LogP) is 2.62. The van der Waals surface area contributed by atoms with Gasteiger partial charge in [0.1, 0.15) is 0 Å². The lowest BCUT2D eigenvalue weighted by Crippen LogP contribution is -2.43. The van der Waals surface area contributed by atoms with Gasteiger partial charge < -0.3 is 10.6 Å².